The first-order valence-corrected chi connectivity index (χ1v) is 8.14. The SMILES string of the molecule is O=c1[nH]c(=O)n([C@@H]2C[C@@H](OCc3ccccc3)[C@H](CO)O2)cc1C(F)(F)F. The van der Waals surface area contributed by atoms with Crippen LogP contribution in [0.5, 0.6) is 0 Å². The number of H-pyrrole nitrogens is 1. The standard InChI is InChI=1S/C17H17F3N2O5/c18-17(19,20)11-7-22(16(25)21-15(11)24)14-6-12(13(8-23)27-14)26-9-10-4-2-1-3-5-10/h1-5,7,12-14,23H,6,8-9H2,(H,21,24,25)/t12-,13+,14+/m1/s1. The Balaban J connectivity index is 1.80. The number of benzene rings is 1. The first-order chi connectivity index (χ1) is 12.8. The van der Waals surface area contributed by atoms with Gasteiger partial charge in [0.15, 0.2) is 0 Å². The summed E-state index contributed by atoms with van der Waals surface area (Å²) >= 11 is 0. The molecule has 0 aliphatic carbocycles. The van der Waals surface area contributed by atoms with Crippen molar-refractivity contribution in [2.75, 3.05) is 6.61 Å². The van der Waals surface area contributed by atoms with Crippen LogP contribution in [-0.2, 0) is 22.3 Å². The number of aromatic amines is 1. The normalized spacial score (nSPS) is 22.9. The number of ether oxygens (including phenoxy) is 2. The zero-order valence-electron chi connectivity index (χ0n) is 14.0. The molecule has 0 amide bonds. The van der Waals surface area contributed by atoms with Crippen LogP contribution in [0.1, 0.15) is 23.8 Å². The van der Waals surface area contributed by atoms with Crippen molar-refractivity contribution >= 4 is 0 Å². The maximum Gasteiger partial charge on any atom is 0.423 e. The van der Waals surface area contributed by atoms with E-state index in [9.17, 15) is 27.9 Å². The summed E-state index contributed by atoms with van der Waals surface area (Å²) in [5, 5.41) is 9.47. The van der Waals surface area contributed by atoms with Crippen LogP contribution in [0.25, 0.3) is 0 Å². The van der Waals surface area contributed by atoms with Crippen molar-refractivity contribution < 1.29 is 27.8 Å². The topological polar surface area (TPSA) is 93.6 Å². The molecule has 10 heteroatoms. The van der Waals surface area contributed by atoms with E-state index in [4.69, 9.17) is 9.47 Å². The van der Waals surface area contributed by atoms with Gasteiger partial charge in [-0.15, -0.1) is 0 Å². The van der Waals surface area contributed by atoms with E-state index >= 15 is 0 Å². The summed E-state index contributed by atoms with van der Waals surface area (Å²) < 4.78 is 50.7. The molecular weight excluding hydrogens is 369 g/mol. The van der Waals surface area contributed by atoms with Gasteiger partial charge in [-0.1, -0.05) is 30.3 Å². The monoisotopic (exact) mass is 386 g/mol. The van der Waals surface area contributed by atoms with Gasteiger partial charge >= 0.3 is 11.9 Å². The zero-order chi connectivity index (χ0) is 19.6. The molecule has 1 aromatic heterocycles. The lowest BCUT2D eigenvalue weighted by atomic mass is 10.1. The van der Waals surface area contributed by atoms with E-state index in [0.29, 0.717) is 10.8 Å². The smallest absolute Gasteiger partial charge is 0.394 e. The Kier molecular flexibility index (Phi) is 5.49. The molecule has 2 N–H and O–H groups in total. The first kappa shape index (κ1) is 19.3. The van der Waals surface area contributed by atoms with Gasteiger partial charge in [0.2, 0.25) is 0 Å². The number of hydrogen-bond acceptors (Lipinski definition) is 5. The highest BCUT2D eigenvalue weighted by Crippen LogP contribution is 2.32. The highest BCUT2D eigenvalue weighted by Gasteiger charge is 2.39. The minimum Gasteiger partial charge on any atom is -0.394 e. The number of nitrogens with zero attached hydrogens (tertiary/aromatic N) is 1. The van der Waals surface area contributed by atoms with Crippen molar-refractivity contribution in [1.29, 1.82) is 0 Å². The lowest BCUT2D eigenvalue weighted by Gasteiger charge is -2.16. The second-order valence-electron chi connectivity index (χ2n) is 6.09. The molecule has 0 spiro atoms. The van der Waals surface area contributed by atoms with Crippen LogP contribution in [0.2, 0.25) is 0 Å². The molecule has 0 saturated carbocycles. The van der Waals surface area contributed by atoms with Crippen molar-refractivity contribution in [3.05, 3.63) is 68.5 Å². The Morgan fingerprint density at radius 3 is 2.59 bits per heavy atom. The molecule has 1 aliphatic heterocycles. The van der Waals surface area contributed by atoms with Gasteiger partial charge in [0, 0.05) is 12.6 Å². The first-order valence-electron chi connectivity index (χ1n) is 8.14. The number of hydrogen-bond donors (Lipinski definition) is 2. The predicted octanol–water partition coefficient (Wildman–Crippen LogP) is 1.42. The molecule has 0 radical (unpaired) electrons. The molecule has 0 bridgehead atoms. The summed E-state index contributed by atoms with van der Waals surface area (Å²) in [6, 6.07) is 9.17. The molecule has 1 saturated heterocycles. The molecule has 2 heterocycles. The molecular formula is C17H17F3N2O5. The summed E-state index contributed by atoms with van der Waals surface area (Å²) in [5.74, 6) is 0. The molecule has 2 aromatic rings. The summed E-state index contributed by atoms with van der Waals surface area (Å²) in [7, 11) is 0. The molecule has 1 fully saturated rings. The van der Waals surface area contributed by atoms with Crippen LogP contribution in [0.15, 0.2) is 46.1 Å². The van der Waals surface area contributed by atoms with E-state index in [1.54, 1.807) is 4.98 Å². The van der Waals surface area contributed by atoms with Crippen LogP contribution < -0.4 is 11.2 Å². The van der Waals surface area contributed by atoms with E-state index in [-0.39, 0.29) is 13.0 Å². The van der Waals surface area contributed by atoms with Crippen molar-refractivity contribution in [2.24, 2.45) is 0 Å². The molecule has 3 atom stereocenters. The Morgan fingerprint density at radius 2 is 1.96 bits per heavy atom. The fourth-order valence-electron chi connectivity index (χ4n) is 2.89. The van der Waals surface area contributed by atoms with E-state index in [1.165, 1.54) is 0 Å². The minimum atomic E-state index is -4.92. The molecule has 0 unspecified atom stereocenters. The second-order valence-corrected chi connectivity index (χ2v) is 6.09. The minimum absolute atomic E-state index is 0.0430. The number of nitrogens with one attached hydrogen (secondary N) is 1. The number of aromatic nitrogens is 2. The van der Waals surface area contributed by atoms with Gasteiger partial charge in [-0.05, 0) is 5.56 Å². The van der Waals surface area contributed by atoms with Gasteiger partial charge in [0.25, 0.3) is 5.56 Å². The quantitative estimate of drug-likeness (QED) is 0.811. The average molecular weight is 386 g/mol. The van der Waals surface area contributed by atoms with Crippen LogP contribution in [0.4, 0.5) is 13.2 Å². The van der Waals surface area contributed by atoms with Gasteiger partial charge in [0.05, 0.1) is 19.3 Å². The molecule has 7 nitrogen and oxygen atoms in total. The molecule has 1 aliphatic rings. The Labute approximate surface area is 151 Å². The number of halogens is 3. The summed E-state index contributed by atoms with van der Waals surface area (Å²) in [5.41, 5.74) is -3.17. The van der Waals surface area contributed by atoms with Gasteiger partial charge in [-0.2, -0.15) is 13.2 Å². The van der Waals surface area contributed by atoms with Crippen LogP contribution in [0.3, 0.4) is 0 Å². The van der Waals surface area contributed by atoms with Crippen LogP contribution in [-0.4, -0.2) is 33.5 Å². The summed E-state index contributed by atoms with van der Waals surface area (Å²) in [4.78, 5) is 25.0. The van der Waals surface area contributed by atoms with Gasteiger partial charge in [-0.25, -0.2) is 4.79 Å². The third-order valence-electron chi connectivity index (χ3n) is 4.25. The summed E-state index contributed by atoms with van der Waals surface area (Å²) in [6.07, 6.45) is -6.99. The third-order valence-corrected chi connectivity index (χ3v) is 4.25. The highest BCUT2D eigenvalue weighted by molar-refractivity contribution is 5.13. The number of aliphatic hydroxyl groups is 1. The van der Waals surface area contributed by atoms with Crippen LogP contribution >= 0.6 is 0 Å². The van der Waals surface area contributed by atoms with E-state index in [0.717, 1.165) is 5.56 Å². The zero-order valence-corrected chi connectivity index (χ0v) is 14.0. The largest absolute Gasteiger partial charge is 0.423 e. The molecule has 3 rings (SSSR count). The van der Waals surface area contributed by atoms with Crippen molar-refractivity contribution in [3.63, 3.8) is 0 Å². The third kappa shape index (κ3) is 4.29. The van der Waals surface area contributed by atoms with Gasteiger partial charge in [-0.3, -0.25) is 14.3 Å². The van der Waals surface area contributed by atoms with Crippen molar-refractivity contribution in [3.8, 4) is 0 Å². The van der Waals surface area contributed by atoms with E-state index in [1.807, 2.05) is 30.3 Å². The average Bonchev–Trinajstić information content (AvgIpc) is 3.02. The van der Waals surface area contributed by atoms with E-state index in [2.05, 4.69) is 0 Å². The Bertz CT molecular complexity index is 894. The molecule has 146 valence electrons. The number of aliphatic hydroxyl groups excluding tert-OH is 1. The number of rotatable bonds is 5. The van der Waals surface area contributed by atoms with E-state index < -0.39 is 48.0 Å². The predicted molar refractivity (Wildman–Crippen MR) is 87.0 cm³/mol. The van der Waals surface area contributed by atoms with Crippen LogP contribution in [0, 0.1) is 0 Å². The molecule has 27 heavy (non-hydrogen) atoms. The lowest BCUT2D eigenvalue weighted by Crippen LogP contribution is -2.36. The van der Waals surface area contributed by atoms with Gasteiger partial charge < -0.3 is 14.6 Å². The fraction of sp³-hybridized carbons (Fsp3) is 0.412. The summed E-state index contributed by atoms with van der Waals surface area (Å²) in [6.45, 7) is -0.216. The highest BCUT2D eigenvalue weighted by atomic mass is 19.4. The lowest BCUT2D eigenvalue weighted by molar-refractivity contribution is -0.139. The van der Waals surface area contributed by atoms with Gasteiger partial charge in [0.1, 0.15) is 17.9 Å². The Morgan fingerprint density at radius 1 is 1.26 bits per heavy atom. The molecule has 1 aromatic carbocycles. The van der Waals surface area contributed by atoms with Crippen molar-refractivity contribution in [2.45, 2.75) is 37.6 Å². The maximum absolute atomic E-state index is 12.9. The second kappa shape index (κ2) is 7.67. The maximum atomic E-state index is 12.9. The number of alkyl halides is 3. The fourth-order valence-corrected chi connectivity index (χ4v) is 2.89. The Hall–Kier alpha value is -2.43. The van der Waals surface area contributed by atoms with Crippen molar-refractivity contribution in [1.82, 2.24) is 9.55 Å².